The molecule has 11 heavy (non-hydrogen) atoms. The lowest BCUT2D eigenvalue weighted by molar-refractivity contribution is -0.137. The van der Waals surface area contributed by atoms with Gasteiger partial charge in [0.1, 0.15) is 0 Å². The van der Waals surface area contributed by atoms with Crippen molar-refractivity contribution in [2.45, 2.75) is 6.92 Å². The average molecular weight is 158 g/mol. The highest BCUT2D eigenvalue weighted by Gasteiger charge is 1.91. The zero-order chi connectivity index (χ0) is 8.69. The fourth-order valence-electron chi connectivity index (χ4n) is 0.445. The minimum atomic E-state index is -0.332. The Balaban J connectivity index is 3.48. The molecule has 0 aliphatic carbocycles. The smallest absolute Gasteiger partial charge is 0.332 e. The highest BCUT2D eigenvalue weighted by molar-refractivity contribution is 5.81. The molecule has 64 valence electrons. The lowest BCUT2D eigenvalue weighted by atomic mass is 10.6. The monoisotopic (exact) mass is 158 g/mol. The molecule has 0 saturated heterocycles. The Bertz CT molecular complexity index is 143. The molecule has 0 radical (unpaired) electrons. The van der Waals surface area contributed by atoms with Crippen LogP contribution in [0.1, 0.15) is 6.92 Å². The normalized spacial score (nSPS) is 10.5. The van der Waals surface area contributed by atoms with Gasteiger partial charge in [-0.05, 0) is 6.92 Å². The van der Waals surface area contributed by atoms with Crippen LogP contribution in [0.15, 0.2) is 12.3 Å². The van der Waals surface area contributed by atoms with E-state index in [9.17, 15) is 4.79 Å². The van der Waals surface area contributed by atoms with Crippen LogP contribution in [0.3, 0.4) is 0 Å². The number of carbonyl (C=O) groups excluding carboxylic acids is 1. The molecule has 0 aromatic rings. The molecular weight excluding hydrogens is 144 g/mol. The first-order valence-electron chi connectivity index (χ1n) is 3.43. The van der Waals surface area contributed by atoms with E-state index in [4.69, 9.17) is 0 Å². The van der Waals surface area contributed by atoms with Crippen molar-refractivity contribution in [3.05, 3.63) is 12.3 Å². The summed E-state index contributed by atoms with van der Waals surface area (Å²) in [6.45, 7) is 2.18. The highest BCUT2D eigenvalue weighted by atomic mass is 16.5. The van der Waals surface area contributed by atoms with Crippen LogP contribution in [0.25, 0.3) is 0 Å². The van der Waals surface area contributed by atoms with Gasteiger partial charge in [-0.25, -0.2) is 9.80 Å². The molecule has 0 amide bonds. The number of esters is 1. The summed E-state index contributed by atoms with van der Waals surface area (Å²) in [5.74, 6) is -0.332. The molecule has 4 heteroatoms. The summed E-state index contributed by atoms with van der Waals surface area (Å²) >= 11 is 0. The maximum atomic E-state index is 10.7. The van der Waals surface area contributed by atoms with Gasteiger partial charge >= 0.3 is 5.97 Å². The molecule has 0 unspecified atom stereocenters. The molecule has 0 saturated carbocycles. The van der Waals surface area contributed by atoms with Gasteiger partial charge in [0.15, 0.2) is 0 Å². The van der Waals surface area contributed by atoms with Gasteiger partial charge in [0.2, 0.25) is 0 Å². The summed E-state index contributed by atoms with van der Waals surface area (Å²) in [7, 11) is 3.66. The van der Waals surface area contributed by atoms with Crippen LogP contribution < -0.4 is 5.43 Å². The van der Waals surface area contributed by atoms with E-state index in [-0.39, 0.29) is 5.97 Å². The highest BCUT2D eigenvalue weighted by Crippen LogP contribution is 1.78. The van der Waals surface area contributed by atoms with Crippen LogP contribution in [0.4, 0.5) is 0 Å². The van der Waals surface area contributed by atoms with Gasteiger partial charge in [-0.2, -0.15) is 0 Å². The second-order valence-electron chi connectivity index (χ2n) is 2.11. The van der Waals surface area contributed by atoms with Crippen molar-refractivity contribution in [1.29, 1.82) is 0 Å². The first-order chi connectivity index (χ1) is 5.16. The molecule has 0 fully saturated rings. The van der Waals surface area contributed by atoms with E-state index >= 15 is 0 Å². The van der Waals surface area contributed by atoms with Crippen molar-refractivity contribution in [2.24, 2.45) is 0 Å². The number of nitrogens with zero attached hydrogens (tertiary/aromatic N) is 1. The summed E-state index contributed by atoms with van der Waals surface area (Å²) in [4.78, 5) is 10.7. The maximum Gasteiger partial charge on any atom is 0.332 e. The van der Waals surface area contributed by atoms with E-state index < -0.39 is 0 Å². The number of hydrogen-bond donors (Lipinski definition) is 1. The van der Waals surface area contributed by atoms with Crippen molar-refractivity contribution in [3.8, 4) is 0 Å². The van der Waals surface area contributed by atoms with Crippen molar-refractivity contribution in [1.82, 2.24) is 10.4 Å². The quantitative estimate of drug-likeness (QED) is 0.359. The van der Waals surface area contributed by atoms with Gasteiger partial charge < -0.3 is 10.2 Å². The number of hydrazine groups is 1. The molecule has 0 spiro atoms. The van der Waals surface area contributed by atoms with Crippen LogP contribution in [-0.4, -0.2) is 31.7 Å². The second kappa shape index (κ2) is 5.73. The summed E-state index contributed by atoms with van der Waals surface area (Å²) in [6.07, 6.45) is 2.86. The Morgan fingerprint density at radius 2 is 2.27 bits per heavy atom. The molecular formula is C7H14N2O2. The third-order valence-electron chi connectivity index (χ3n) is 0.839. The van der Waals surface area contributed by atoms with Crippen molar-refractivity contribution in [3.63, 3.8) is 0 Å². The molecule has 4 nitrogen and oxygen atoms in total. The van der Waals surface area contributed by atoms with Gasteiger partial charge in [-0.15, -0.1) is 0 Å². The van der Waals surface area contributed by atoms with Gasteiger partial charge in [-0.1, -0.05) is 0 Å². The summed E-state index contributed by atoms with van der Waals surface area (Å²) in [6, 6.07) is 0. The molecule has 0 bridgehead atoms. The fraction of sp³-hybridized carbons (Fsp3) is 0.571. The Hall–Kier alpha value is -1.03. The molecule has 0 aromatic carbocycles. The molecule has 0 heterocycles. The van der Waals surface area contributed by atoms with Crippen LogP contribution in [0, 0.1) is 0 Å². The van der Waals surface area contributed by atoms with E-state index in [1.54, 1.807) is 11.9 Å². The minimum absolute atomic E-state index is 0.332. The molecule has 1 N–H and O–H groups in total. The minimum Gasteiger partial charge on any atom is -0.463 e. The van der Waals surface area contributed by atoms with Crippen molar-refractivity contribution < 1.29 is 9.53 Å². The van der Waals surface area contributed by atoms with E-state index in [1.807, 2.05) is 14.1 Å². The molecule has 0 aromatic heterocycles. The molecule has 0 rings (SSSR count). The number of nitrogens with one attached hydrogen (secondary N) is 1. The molecule has 0 aliphatic rings. The van der Waals surface area contributed by atoms with Gasteiger partial charge in [0.25, 0.3) is 0 Å². The van der Waals surface area contributed by atoms with E-state index in [0.717, 1.165) is 0 Å². The van der Waals surface area contributed by atoms with Crippen LogP contribution in [-0.2, 0) is 9.53 Å². The van der Waals surface area contributed by atoms with Gasteiger partial charge in [-0.3, -0.25) is 0 Å². The van der Waals surface area contributed by atoms with Gasteiger partial charge in [0.05, 0.1) is 6.61 Å². The van der Waals surface area contributed by atoms with Crippen LogP contribution in [0.2, 0.25) is 0 Å². The van der Waals surface area contributed by atoms with Crippen molar-refractivity contribution in [2.75, 3.05) is 20.7 Å². The Morgan fingerprint density at radius 3 is 2.73 bits per heavy atom. The summed E-state index contributed by atoms with van der Waals surface area (Å²) in [5.41, 5.74) is 2.79. The number of rotatable bonds is 4. The van der Waals surface area contributed by atoms with E-state index in [0.29, 0.717) is 6.61 Å². The topological polar surface area (TPSA) is 41.6 Å². The molecule has 0 atom stereocenters. The molecule has 0 aliphatic heterocycles. The number of ether oxygens (including phenoxy) is 1. The van der Waals surface area contributed by atoms with E-state index in [2.05, 4.69) is 10.2 Å². The third kappa shape index (κ3) is 6.86. The zero-order valence-electron chi connectivity index (χ0n) is 7.13. The number of carbonyl (C=O) groups is 1. The summed E-state index contributed by atoms with van der Waals surface area (Å²) < 4.78 is 4.64. The largest absolute Gasteiger partial charge is 0.463 e. The van der Waals surface area contributed by atoms with Gasteiger partial charge in [0, 0.05) is 26.4 Å². The SMILES string of the molecule is CCOC(=O)C=CNN(C)C. The Morgan fingerprint density at radius 1 is 1.64 bits per heavy atom. The van der Waals surface area contributed by atoms with Crippen LogP contribution >= 0.6 is 0 Å². The zero-order valence-corrected chi connectivity index (χ0v) is 7.13. The Labute approximate surface area is 66.8 Å². The maximum absolute atomic E-state index is 10.7. The fourth-order valence-corrected chi connectivity index (χ4v) is 0.445. The third-order valence-corrected chi connectivity index (χ3v) is 0.839. The number of hydrogen-bond acceptors (Lipinski definition) is 4. The Kier molecular flexibility index (Phi) is 5.20. The predicted octanol–water partition coefficient (Wildman–Crippen LogP) is 0.129. The van der Waals surface area contributed by atoms with E-state index in [1.165, 1.54) is 12.3 Å². The summed E-state index contributed by atoms with van der Waals surface area (Å²) in [5, 5.41) is 1.72. The lowest BCUT2D eigenvalue weighted by Gasteiger charge is -2.07. The van der Waals surface area contributed by atoms with Crippen LogP contribution in [0.5, 0.6) is 0 Å². The predicted molar refractivity (Wildman–Crippen MR) is 42.6 cm³/mol. The first-order valence-corrected chi connectivity index (χ1v) is 3.43. The first kappa shape index (κ1) is 9.97. The lowest BCUT2D eigenvalue weighted by Crippen LogP contribution is -2.25. The standard InChI is InChI=1S/C7H14N2O2/c1-4-11-7(10)5-6-8-9(2)3/h5-6,8H,4H2,1-3H3. The average Bonchev–Trinajstić information content (AvgIpc) is 1.87. The second-order valence-corrected chi connectivity index (χ2v) is 2.11. The van der Waals surface area contributed by atoms with Crippen molar-refractivity contribution >= 4 is 5.97 Å².